The van der Waals surface area contributed by atoms with Crippen molar-refractivity contribution in [1.82, 2.24) is 8.93 Å². The first-order chi connectivity index (χ1) is 4.25. The molecule has 0 N–H and O–H groups in total. The van der Waals surface area contributed by atoms with Crippen LogP contribution in [0, 0.1) is 0 Å². The van der Waals surface area contributed by atoms with Crippen molar-refractivity contribution < 1.29 is 0 Å². The van der Waals surface area contributed by atoms with Crippen LogP contribution in [0.5, 0.6) is 0 Å². The van der Waals surface area contributed by atoms with E-state index in [2.05, 4.69) is 21.2 Å². The Balaban J connectivity index is 2.51. The molecule has 9 heavy (non-hydrogen) atoms. The quantitative estimate of drug-likeness (QED) is 0.372. The molecule has 0 aliphatic carbocycles. The SMILES string of the molecule is CCN1N=CN(Br)C1Cl. The van der Waals surface area contributed by atoms with E-state index in [9.17, 15) is 0 Å². The molecule has 1 rings (SSSR count). The minimum atomic E-state index is -0.171. The lowest BCUT2D eigenvalue weighted by molar-refractivity contribution is 0.263. The van der Waals surface area contributed by atoms with Gasteiger partial charge < -0.3 is 0 Å². The number of rotatable bonds is 1. The van der Waals surface area contributed by atoms with Crippen LogP contribution in [-0.2, 0) is 0 Å². The number of halogens is 2. The Morgan fingerprint density at radius 2 is 2.56 bits per heavy atom. The van der Waals surface area contributed by atoms with Crippen molar-refractivity contribution in [3.8, 4) is 0 Å². The molecule has 5 heteroatoms. The third-order valence-corrected chi connectivity index (χ3v) is 2.33. The second-order valence-electron chi connectivity index (χ2n) is 1.64. The van der Waals surface area contributed by atoms with E-state index in [0.717, 1.165) is 6.54 Å². The highest BCUT2D eigenvalue weighted by Crippen LogP contribution is 2.18. The third-order valence-electron chi connectivity index (χ3n) is 1.08. The minimum Gasteiger partial charge on any atom is -0.260 e. The first-order valence-electron chi connectivity index (χ1n) is 2.64. The molecule has 1 aliphatic heterocycles. The van der Waals surface area contributed by atoms with Crippen LogP contribution in [0.1, 0.15) is 6.92 Å². The maximum absolute atomic E-state index is 5.81. The van der Waals surface area contributed by atoms with Gasteiger partial charge in [0.1, 0.15) is 6.34 Å². The van der Waals surface area contributed by atoms with Gasteiger partial charge in [0.25, 0.3) is 0 Å². The molecule has 0 saturated carbocycles. The van der Waals surface area contributed by atoms with E-state index < -0.39 is 0 Å². The molecule has 0 bridgehead atoms. The molecule has 1 heterocycles. The van der Waals surface area contributed by atoms with Crippen LogP contribution >= 0.6 is 27.7 Å². The molecular formula is C4H7BrClN3. The number of hydrazone groups is 1. The Morgan fingerprint density at radius 3 is 2.78 bits per heavy atom. The lowest BCUT2D eigenvalue weighted by Crippen LogP contribution is -2.28. The molecule has 0 radical (unpaired) electrons. The molecule has 0 spiro atoms. The van der Waals surface area contributed by atoms with Gasteiger partial charge >= 0.3 is 0 Å². The largest absolute Gasteiger partial charge is 0.260 e. The third kappa shape index (κ3) is 1.30. The van der Waals surface area contributed by atoms with Crippen molar-refractivity contribution in [2.75, 3.05) is 6.54 Å². The second-order valence-corrected chi connectivity index (χ2v) is 2.85. The summed E-state index contributed by atoms with van der Waals surface area (Å²) < 4.78 is 1.66. The van der Waals surface area contributed by atoms with E-state index in [1.807, 2.05) is 6.92 Å². The number of hydrogen-bond donors (Lipinski definition) is 0. The Labute approximate surface area is 67.6 Å². The van der Waals surface area contributed by atoms with Crippen LogP contribution in [0.4, 0.5) is 0 Å². The fraction of sp³-hybridized carbons (Fsp3) is 0.750. The van der Waals surface area contributed by atoms with Crippen molar-refractivity contribution in [1.29, 1.82) is 0 Å². The molecular weight excluding hydrogens is 205 g/mol. The van der Waals surface area contributed by atoms with Crippen molar-refractivity contribution in [3.05, 3.63) is 0 Å². The molecule has 1 aliphatic rings. The van der Waals surface area contributed by atoms with Gasteiger partial charge in [0.2, 0.25) is 5.62 Å². The zero-order valence-electron chi connectivity index (χ0n) is 4.96. The molecule has 0 fully saturated rings. The van der Waals surface area contributed by atoms with Gasteiger partial charge in [-0.3, -0.25) is 8.93 Å². The van der Waals surface area contributed by atoms with Gasteiger partial charge in [0.15, 0.2) is 0 Å². The summed E-state index contributed by atoms with van der Waals surface area (Å²) in [6, 6.07) is 0. The Morgan fingerprint density at radius 1 is 1.89 bits per heavy atom. The highest BCUT2D eigenvalue weighted by Gasteiger charge is 2.21. The molecule has 0 aromatic heterocycles. The van der Waals surface area contributed by atoms with Crippen LogP contribution in [0.15, 0.2) is 5.10 Å². The molecule has 52 valence electrons. The van der Waals surface area contributed by atoms with E-state index in [1.54, 1.807) is 15.3 Å². The zero-order valence-corrected chi connectivity index (χ0v) is 7.30. The van der Waals surface area contributed by atoms with Crippen molar-refractivity contribution in [2.24, 2.45) is 5.10 Å². The predicted octanol–water partition coefficient (Wildman–Crippen LogP) is 1.40. The summed E-state index contributed by atoms with van der Waals surface area (Å²) in [6.07, 6.45) is 1.64. The van der Waals surface area contributed by atoms with Crippen molar-refractivity contribution >= 4 is 34.1 Å². The Kier molecular flexibility index (Phi) is 2.18. The van der Waals surface area contributed by atoms with Gasteiger partial charge in [-0.25, -0.2) is 0 Å². The van der Waals surface area contributed by atoms with E-state index in [-0.39, 0.29) is 5.62 Å². The summed E-state index contributed by atoms with van der Waals surface area (Å²) in [7, 11) is 0. The van der Waals surface area contributed by atoms with Gasteiger partial charge in [0.05, 0.1) is 16.1 Å². The molecule has 0 saturated heterocycles. The van der Waals surface area contributed by atoms with Crippen molar-refractivity contribution in [2.45, 2.75) is 12.5 Å². The van der Waals surface area contributed by atoms with E-state index in [0.29, 0.717) is 0 Å². The lowest BCUT2D eigenvalue weighted by atomic mass is 10.7. The van der Waals surface area contributed by atoms with Crippen LogP contribution in [0.2, 0.25) is 0 Å². The Bertz CT molecular complexity index is 129. The fourth-order valence-electron chi connectivity index (χ4n) is 0.585. The monoisotopic (exact) mass is 211 g/mol. The topological polar surface area (TPSA) is 18.8 Å². The lowest BCUT2D eigenvalue weighted by Gasteiger charge is -2.18. The van der Waals surface area contributed by atoms with Gasteiger partial charge in [0, 0.05) is 6.54 Å². The molecule has 3 nitrogen and oxygen atoms in total. The standard InChI is InChI=1S/C4H7BrClN3/c1-2-9-4(6)8(5)3-7-9/h3-4H,2H2,1H3. The van der Waals surface area contributed by atoms with Gasteiger partial charge in [-0.05, 0) is 6.92 Å². The van der Waals surface area contributed by atoms with Crippen LogP contribution in [0.25, 0.3) is 0 Å². The maximum atomic E-state index is 5.81. The summed E-state index contributed by atoms with van der Waals surface area (Å²) in [5, 5.41) is 5.73. The van der Waals surface area contributed by atoms with Crippen molar-refractivity contribution in [3.63, 3.8) is 0 Å². The number of alkyl halides is 1. The summed E-state index contributed by atoms with van der Waals surface area (Å²) in [4.78, 5) is 0. The first kappa shape index (κ1) is 7.15. The molecule has 0 aromatic rings. The van der Waals surface area contributed by atoms with E-state index in [4.69, 9.17) is 11.6 Å². The average molecular weight is 212 g/mol. The summed E-state index contributed by atoms with van der Waals surface area (Å²) in [6.45, 7) is 2.83. The second kappa shape index (κ2) is 2.75. The average Bonchev–Trinajstić information content (AvgIpc) is 2.15. The fourth-order valence-corrected chi connectivity index (χ4v) is 1.12. The number of nitrogens with zero attached hydrogens (tertiary/aromatic N) is 3. The minimum absolute atomic E-state index is 0.171. The highest BCUT2D eigenvalue weighted by molar-refractivity contribution is 9.07. The van der Waals surface area contributed by atoms with E-state index >= 15 is 0 Å². The maximum Gasteiger partial charge on any atom is 0.205 e. The number of hydrogen-bond acceptors (Lipinski definition) is 3. The molecule has 1 atom stereocenters. The summed E-state index contributed by atoms with van der Waals surface area (Å²) in [5.74, 6) is 0. The molecule has 0 amide bonds. The molecule has 1 unspecified atom stereocenters. The van der Waals surface area contributed by atoms with Gasteiger partial charge in [-0.15, -0.1) is 0 Å². The summed E-state index contributed by atoms with van der Waals surface area (Å²) >= 11 is 9.00. The predicted molar refractivity (Wildman–Crippen MR) is 41.3 cm³/mol. The van der Waals surface area contributed by atoms with Gasteiger partial charge in [-0.2, -0.15) is 5.10 Å². The van der Waals surface area contributed by atoms with E-state index in [1.165, 1.54) is 0 Å². The van der Waals surface area contributed by atoms with Gasteiger partial charge in [-0.1, -0.05) is 11.6 Å². The first-order valence-corrected chi connectivity index (χ1v) is 3.79. The summed E-state index contributed by atoms with van der Waals surface area (Å²) in [5.41, 5.74) is -0.171. The van der Waals surface area contributed by atoms with Crippen LogP contribution < -0.4 is 0 Å². The smallest absolute Gasteiger partial charge is 0.205 e. The normalized spacial score (nSPS) is 25.9. The highest BCUT2D eigenvalue weighted by atomic mass is 79.9. The Hall–Kier alpha value is 0.0400. The van der Waals surface area contributed by atoms with Crippen LogP contribution in [-0.4, -0.2) is 27.4 Å². The van der Waals surface area contributed by atoms with Crippen LogP contribution in [0.3, 0.4) is 0 Å². The zero-order chi connectivity index (χ0) is 6.85. The molecule has 0 aromatic carbocycles.